The van der Waals surface area contributed by atoms with Crippen molar-refractivity contribution in [1.29, 1.82) is 0 Å². The van der Waals surface area contributed by atoms with E-state index in [1.807, 2.05) is 6.92 Å². The Balaban J connectivity index is 1.99. The van der Waals surface area contributed by atoms with Crippen molar-refractivity contribution in [1.82, 2.24) is 9.80 Å². The number of nitrogens with zero attached hydrogens (tertiary/aromatic N) is 2. The third kappa shape index (κ3) is 4.62. The predicted octanol–water partition coefficient (Wildman–Crippen LogP) is 2.65. The monoisotopic (exact) mass is 391 g/mol. The van der Waals surface area contributed by atoms with Crippen molar-refractivity contribution in [3.8, 4) is 0 Å². The second-order valence-electron chi connectivity index (χ2n) is 5.84. The molecule has 2 amide bonds. The molecule has 1 heterocycles. The average molecular weight is 392 g/mol. The van der Waals surface area contributed by atoms with Gasteiger partial charge < -0.3 is 15.3 Å². The van der Waals surface area contributed by atoms with Gasteiger partial charge in [-0.05, 0) is 41.9 Å². The highest BCUT2D eigenvalue weighted by molar-refractivity contribution is 9.10. The van der Waals surface area contributed by atoms with Crippen LogP contribution >= 0.6 is 15.9 Å². The predicted molar refractivity (Wildman–Crippen MR) is 87.4 cm³/mol. The summed E-state index contributed by atoms with van der Waals surface area (Å²) in [5.74, 6) is -1.54. The summed E-state index contributed by atoms with van der Waals surface area (Å²) >= 11 is 2.79. The number of carbonyl (C=O) groups excluding carboxylic acids is 1. The lowest BCUT2D eigenvalue weighted by Crippen LogP contribution is -2.56. The third-order valence-electron chi connectivity index (χ3n) is 3.73. The van der Waals surface area contributed by atoms with Crippen molar-refractivity contribution in [3.63, 3.8) is 0 Å². The minimum absolute atomic E-state index is 0.0624. The first kappa shape index (κ1) is 18.1. The molecule has 0 radical (unpaired) electrons. The normalized spacial score (nSPS) is 20.4. The second-order valence-corrected chi connectivity index (χ2v) is 6.63. The zero-order chi connectivity index (χ0) is 17.1. The summed E-state index contributed by atoms with van der Waals surface area (Å²) in [6, 6.07) is 1.68. The van der Waals surface area contributed by atoms with E-state index < -0.39 is 23.8 Å². The van der Waals surface area contributed by atoms with Gasteiger partial charge in [-0.15, -0.1) is 0 Å². The lowest BCUT2D eigenvalue weighted by Gasteiger charge is -2.40. The van der Waals surface area contributed by atoms with E-state index in [-0.39, 0.29) is 16.2 Å². The first-order valence-electron chi connectivity index (χ1n) is 7.40. The molecular weight excluding hydrogens is 372 g/mol. The molecule has 0 aliphatic carbocycles. The van der Waals surface area contributed by atoms with Gasteiger partial charge in [0.1, 0.15) is 11.6 Å². The fourth-order valence-corrected chi connectivity index (χ4v) is 2.93. The lowest BCUT2D eigenvalue weighted by atomic mass is 10.2. The lowest BCUT2D eigenvalue weighted by molar-refractivity contribution is 0.0692. The molecular formula is C15H20BrF2N3O2. The average Bonchev–Trinajstić information content (AvgIpc) is 2.43. The number of rotatable bonds is 3. The molecule has 1 fully saturated rings. The van der Waals surface area contributed by atoms with Gasteiger partial charge in [-0.25, -0.2) is 13.6 Å². The zero-order valence-electron chi connectivity index (χ0n) is 13.0. The number of carbonyl (C=O) groups is 1. The van der Waals surface area contributed by atoms with Crippen LogP contribution in [0.5, 0.6) is 0 Å². The maximum absolute atomic E-state index is 13.5. The van der Waals surface area contributed by atoms with Crippen molar-refractivity contribution in [2.24, 2.45) is 0 Å². The van der Waals surface area contributed by atoms with Gasteiger partial charge in [0.25, 0.3) is 0 Å². The summed E-state index contributed by atoms with van der Waals surface area (Å²) in [5, 5.41) is 12.0. The Morgan fingerprint density at radius 2 is 2.04 bits per heavy atom. The molecule has 2 N–H and O–H groups in total. The fraction of sp³-hybridized carbons (Fsp3) is 0.533. The van der Waals surface area contributed by atoms with Crippen LogP contribution in [-0.2, 0) is 0 Å². The highest BCUT2D eigenvalue weighted by Crippen LogP contribution is 2.24. The summed E-state index contributed by atoms with van der Waals surface area (Å²) in [5.41, 5.74) is 0.0758. The standard InChI is InChI=1S/C15H20BrF2N3O2/c1-9-7-20(8-10(2)22)3-4-21(9)15(23)19-11-5-12(17)14(16)13(18)6-11/h5-6,9-10,22H,3-4,7-8H2,1-2H3,(H,19,23). The van der Waals surface area contributed by atoms with E-state index in [0.29, 0.717) is 26.2 Å². The molecule has 1 aliphatic heterocycles. The highest BCUT2D eigenvalue weighted by Gasteiger charge is 2.28. The number of halogens is 3. The van der Waals surface area contributed by atoms with E-state index in [2.05, 4.69) is 26.1 Å². The quantitative estimate of drug-likeness (QED) is 0.778. The van der Waals surface area contributed by atoms with Gasteiger partial charge in [0.05, 0.1) is 10.6 Å². The van der Waals surface area contributed by atoms with Crippen LogP contribution in [0, 0.1) is 11.6 Å². The van der Waals surface area contributed by atoms with E-state index in [9.17, 15) is 18.7 Å². The molecule has 0 bridgehead atoms. The first-order valence-corrected chi connectivity index (χ1v) is 8.19. The number of urea groups is 1. The van der Waals surface area contributed by atoms with E-state index in [1.165, 1.54) is 0 Å². The van der Waals surface area contributed by atoms with Crippen molar-refractivity contribution < 1.29 is 18.7 Å². The zero-order valence-corrected chi connectivity index (χ0v) is 14.6. The van der Waals surface area contributed by atoms with E-state index in [4.69, 9.17) is 0 Å². The smallest absolute Gasteiger partial charge is 0.322 e. The van der Waals surface area contributed by atoms with Gasteiger partial charge in [0.15, 0.2) is 0 Å². The Hall–Kier alpha value is -1.25. The molecule has 1 aliphatic rings. The minimum atomic E-state index is -0.768. The summed E-state index contributed by atoms with van der Waals surface area (Å²) in [7, 11) is 0. The number of aliphatic hydroxyl groups excluding tert-OH is 1. The summed E-state index contributed by atoms with van der Waals surface area (Å²) in [6.45, 7) is 5.95. The number of hydrogen-bond acceptors (Lipinski definition) is 3. The largest absolute Gasteiger partial charge is 0.392 e. The fourth-order valence-electron chi connectivity index (χ4n) is 2.70. The highest BCUT2D eigenvalue weighted by atomic mass is 79.9. The molecule has 1 saturated heterocycles. The van der Waals surface area contributed by atoms with E-state index in [0.717, 1.165) is 12.1 Å². The number of nitrogens with one attached hydrogen (secondary N) is 1. The third-order valence-corrected chi connectivity index (χ3v) is 4.49. The van der Waals surface area contributed by atoms with Crippen LogP contribution in [0.15, 0.2) is 16.6 Å². The van der Waals surface area contributed by atoms with E-state index >= 15 is 0 Å². The molecule has 2 unspecified atom stereocenters. The van der Waals surface area contributed by atoms with Crippen LogP contribution < -0.4 is 5.32 Å². The van der Waals surface area contributed by atoms with Gasteiger partial charge in [-0.3, -0.25) is 4.90 Å². The van der Waals surface area contributed by atoms with Crippen LogP contribution in [0.1, 0.15) is 13.8 Å². The number of hydrogen-bond donors (Lipinski definition) is 2. The second kappa shape index (κ2) is 7.55. The Morgan fingerprint density at radius 3 is 2.57 bits per heavy atom. The van der Waals surface area contributed by atoms with Gasteiger partial charge >= 0.3 is 6.03 Å². The molecule has 0 aromatic heterocycles. The molecule has 8 heteroatoms. The number of aliphatic hydroxyl groups is 1. The Morgan fingerprint density at radius 1 is 1.43 bits per heavy atom. The number of β-amino-alcohol motifs (C(OH)–C–C–N with tert-alkyl or cyclic N) is 1. The molecule has 1 aromatic rings. The molecule has 5 nitrogen and oxygen atoms in total. The maximum atomic E-state index is 13.5. The summed E-state index contributed by atoms with van der Waals surface area (Å²) in [4.78, 5) is 16.0. The Labute approximate surface area is 142 Å². The summed E-state index contributed by atoms with van der Waals surface area (Å²) < 4.78 is 26.7. The van der Waals surface area contributed by atoms with Gasteiger partial charge in [0, 0.05) is 37.9 Å². The molecule has 128 valence electrons. The van der Waals surface area contributed by atoms with E-state index in [1.54, 1.807) is 11.8 Å². The van der Waals surface area contributed by atoms with Crippen LogP contribution in [0.4, 0.5) is 19.3 Å². The van der Waals surface area contributed by atoms with Gasteiger partial charge in [0.2, 0.25) is 0 Å². The van der Waals surface area contributed by atoms with Crippen molar-refractivity contribution in [2.75, 3.05) is 31.5 Å². The maximum Gasteiger partial charge on any atom is 0.322 e. The molecule has 1 aromatic carbocycles. The van der Waals surface area contributed by atoms with Gasteiger partial charge in [-0.2, -0.15) is 0 Å². The molecule has 2 rings (SSSR count). The van der Waals surface area contributed by atoms with Crippen molar-refractivity contribution in [2.45, 2.75) is 26.0 Å². The SMILES string of the molecule is CC(O)CN1CCN(C(=O)Nc2cc(F)c(Br)c(F)c2)C(C)C1. The number of anilines is 1. The number of piperazine rings is 1. The van der Waals surface area contributed by atoms with Gasteiger partial charge in [-0.1, -0.05) is 0 Å². The van der Waals surface area contributed by atoms with Crippen molar-refractivity contribution in [3.05, 3.63) is 28.2 Å². The van der Waals surface area contributed by atoms with Crippen LogP contribution in [0.3, 0.4) is 0 Å². The Kier molecular flexibility index (Phi) is 5.94. The number of benzene rings is 1. The van der Waals surface area contributed by atoms with Crippen molar-refractivity contribution >= 4 is 27.6 Å². The number of amides is 2. The Bertz CT molecular complexity index is 563. The van der Waals surface area contributed by atoms with Crippen LogP contribution in [-0.4, -0.2) is 59.3 Å². The van der Waals surface area contributed by atoms with Crippen LogP contribution in [0.25, 0.3) is 0 Å². The molecule has 0 spiro atoms. The topological polar surface area (TPSA) is 55.8 Å². The molecule has 23 heavy (non-hydrogen) atoms. The summed E-state index contributed by atoms with van der Waals surface area (Å²) in [6.07, 6.45) is -0.420. The minimum Gasteiger partial charge on any atom is -0.392 e. The molecule has 0 saturated carbocycles. The first-order chi connectivity index (χ1) is 10.8. The van der Waals surface area contributed by atoms with Crippen LogP contribution in [0.2, 0.25) is 0 Å². The molecule has 2 atom stereocenters.